The van der Waals surface area contributed by atoms with Gasteiger partial charge in [0.2, 0.25) is 0 Å². The zero-order valence-electron chi connectivity index (χ0n) is 23.6. The second-order valence-electron chi connectivity index (χ2n) is 10.4. The van der Waals surface area contributed by atoms with Gasteiger partial charge in [0, 0.05) is 29.7 Å². The van der Waals surface area contributed by atoms with Gasteiger partial charge < -0.3 is 23.7 Å². The van der Waals surface area contributed by atoms with Gasteiger partial charge >= 0.3 is 0 Å². The summed E-state index contributed by atoms with van der Waals surface area (Å²) >= 11 is 5.06. The fraction of sp³-hybridized carbons (Fsp3) is 0.212. The lowest BCUT2D eigenvalue weighted by molar-refractivity contribution is 0.315. The molecule has 0 bridgehead atoms. The van der Waals surface area contributed by atoms with Gasteiger partial charge in [0.1, 0.15) is 34.1 Å². The Morgan fingerprint density at radius 2 is 1.60 bits per heavy atom. The van der Waals surface area contributed by atoms with E-state index in [1.807, 2.05) is 66.7 Å². The summed E-state index contributed by atoms with van der Waals surface area (Å²) in [6.07, 6.45) is 0.839. The average Bonchev–Trinajstić information content (AvgIpc) is 3.55. The van der Waals surface area contributed by atoms with Crippen molar-refractivity contribution in [3.8, 4) is 28.6 Å². The summed E-state index contributed by atoms with van der Waals surface area (Å²) in [5.41, 5.74) is 5.02. The first-order chi connectivity index (χ1) is 21.0. The van der Waals surface area contributed by atoms with Crippen molar-refractivity contribution in [3.63, 3.8) is 0 Å². The average molecular weight is 660 g/mol. The number of methoxy groups -OCH3 is 2. The summed E-state index contributed by atoms with van der Waals surface area (Å²) in [6.45, 7) is 2.55. The van der Waals surface area contributed by atoms with Crippen molar-refractivity contribution in [2.24, 2.45) is 0 Å². The summed E-state index contributed by atoms with van der Waals surface area (Å²) in [5.74, 6) is 2.74. The van der Waals surface area contributed by atoms with Crippen LogP contribution in [0, 0.1) is 5.82 Å². The van der Waals surface area contributed by atoms with Crippen LogP contribution in [0.2, 0.25) is 0 Å². The molecule has 7 rings (SSSR count). The second kappa shape index (κ2) is 11.5. The molecule has 1 aliphatic heterocycles. The molecule has 2 aromatic heterocycles. The van der Waals surface area contributed by atoms with Gasteiger partial charge in [0.15, 0.2) is 10.9 Å². The Bertz CT molecular complexity index is 1890. The molecule has 0 saturated carbocycles. The molecule has 0 aliphatic carbocycles. The van der Waals surface area contributed by atoms with Crippen LogP contribution >= 0.6 is 27.3 Å². The van der Waals surface area contributed by atoms with Crippen LogP contribution in [0.3, 0.4) is 0 Å². The van der Waals surface area contributed by atoms with E-state index in [1.165, 1.54) is 11.3 Å². The van der Waals surface area contributed by atoms with E-state index >= 15 is 4.39 Å². The van der Waals surface area contributed by atoms with E-state index in [4.69, 9.17) is 24.2 Å². The van der Waals surface area contributed by atoms with E-state index in [-0.39, 0.29) is 5.82 Å². The Hall–Kier alpha value is -4.15. The SMILES string of the molecule is COc1ccc(CN(Cc2ccc(OC)cc2)c2nc3c(F)cc(-c4nc5cc(Br)cc6c5n4CCCO6)cc3s2)cc1. The second-order valence-corrected chi connectivity index (χ2v) is 12.3. The first-order valence-electron chi connectivity index (χ1n) is 13.9. The first kappa shape index (κ1) is 27.7. The van der Waals surface area contributed by atoms with Gasteiger partial charge in [0.05, 0.1) is 31.0 Å². The molecule has 0 amide bonds. The molecule has 43 heavy (non-hydrogen) atoms. The molecule has 0 spiro atoms. The number of ether oxygens (including phenoxy) is 3. The zero-order valence-corrected chi connectivity index (χ0v) is 26.0. The lowest BCUT2D eigenvalue weighted by Gasteiger charge is -2.22. The highest BCUT2D eigenvalue weighted by Gasteiger charge is 2.22. The Balaban J connectivity index is 1.29. The predicted octanol–water partition coefficient (Wildman–Crippen LogP) is 8.22. The van der Waals surface area contributed by atoms with Gasteiger partial charge in [-0.2, -0.15) is 0 Å². The number of fused-ring (bicyclic) bond motifs is 1. The fourth-order valence-electron chi connectivity index (χ4n) is 5.49. The molecule has 218 valence electrons. The van der Waals surface area contributed by atoms with Gasteiger partial charge in [-0.25, -0.2) is 14.4 Å². The standard InChI is InChI=1S/C33H28BrFN4O3S/c1-40-24-8-4-20(5-9-24)18-38(19-21-6-10-25(41-2)11-7-21)33-37-30-26(35)14-22(15-29(30)43-33)32-36-27-16-23(34)17-28-31(27)39(32)12-3-13-42-28/h4-11,14-17H,3,12-13,18-19H2,1-2H3. The Morgan fingerprint density at radius 3 is 2.26 bits per heavy atom. The minimum Gasteiger partial charge on any atom is -0.497 e. The van der Waals surface area contributed by atoms with E-state index in [0.29, 0.717) is 25.2 Å². The normalized spacial score (nSPS) is 12.7. The lowest BCUT2D eigenvalue weighted by atomic mass is 10.1. The third kappa shape index (κ3) is 5.41. The molecule has 6 aromatic rings. The zero-order chi connectivity index (χ0) is 29.5. The lowest BCUT2D eigenvalue weighted by Crippen LogP contribution is -2.22. The molecule has 0 N–H and O–H groups in total. The maximum absolute atomic E-state index is 15.8. The van der Waals surface area contributed by atoms with E-state index in [1.54, 1.807) is 20.3 Å². The van der Waals surface area contributed by atoms with Crippen molar-refractivity contribution >= 4 is 53.6 Å². The van der Waals surface area contributed by atoms with Gasteiger partial charge in [-0.05, 0) is 66.1 Å². The van der Waals surface area contributed by atoms with Crippen LogP contribution < -0.4 is 19.1 Å². The van der Waals surface area contributed by atoms with Gasteiger partial charge in [-0.3, -0.25) is 0 Å². The minimum absolute atomic E-state index is 0.358. The number of thiazole rings is 1. The van der Waals surface area contributed by atoms with E-state index in [2.05, 4.69) is 25.4 Å². The third-order valence-electron chi connectivity index (χ3n) is 7.59. The topological polar surface area (TPSA) is 61.6 Å². The maximum atomic E-state index is 15.8. The largest absolute Gasteiger partial charge is 0.497 e. The van der Waals surface area contributed by atoms with E-state index in [9.17, 15) is 0 Å². The highest BCUT2D eigenvalue weighted by Crippen LogP contribution is 2.39. The number of rotatable bonds is 8. The molecule has 7 nitrogen and oxygen atoms in total. The highest BCUT2D eigenvalue weighted by atomic mass is 79.9. The molecular weight excluding hydrogens is 631 g/mol. The summed E-state index contributed by atoms with van der Waals surface area (Å²) < 4.78 is 36.3. The van der Waals surface area contributed by atoms with Crippen molar-refractivity contribution in [2.45, 2.75) is 26.1 Å². The number of imidazole rings is 1. The van der Waals surface area contributed by atoms with Crippen molar-refractivity contribution in [2.75, 3.05) is 25.7 Å². The smallest absolute Gasteiger partial charge is 0.187 e. The number of anilines is 1. The Kier molecular flexibility index (Phi) is 7.40. The molecule has 0 unspecified atom stereocenters. The summed E-state index contributed by atoms with van der Waals surface area (Å²) in [6, 6.07) is 23.5. The number of hydrogen-bond donors (Lipinski definition) is 0. The number of aryl methyl sites for hydroxylation is 1. The van der Waals surface area contributed by atoms with Gasteiger partial charge in [-0.15, -0.1) is 0 Å². The number of halogens is 2. The Morgan fingerprint density at radius 1 is 0.930 bits per heavy atom. The van der Waals surface area contributed by atoms with Crippen molar-refractivity contribution in [1.29, 1.82) is 0 Å². The van der Waals surface area contributed by atoms with Gasteiger partial charge in [-0.1, -0.05) is 51.5 Å². The van der Waals surface area contributed by atoms with Crippen molar-refractivity contribution in [1.82, 2.24) is 14.5 Å². The fourth-order valence-corrected chi connectivity index (χ4v) is 6.93. The molecule has 0 fully saturated rings. The van der Waals surface area contributed by atoms with Crippen LogP contribution in [0.5, 0.6) is 17.2 Å². The molecule has 4 aromatic carbocycles. The first-order valence-corrected chi connectivity index (χ1v) is 15.5. The van der Waals surface area contributed by atoms with E-state index in [0.717, 1.165) is 78.1 Å². The molecular formula is C33H28BrFN4O3S. The number of aromatic nitrogens is 3. The minimum atomic E-state index is -0.366. The Labute approximate surface area is 260 Å². The van der Waals surface area contributed by atoms with Crippen LogP contribution in [0.15, 0.2) is 77.3 Å². The number of nitrogens with zero attached hydrogens (tertiary/aromatic N) is 4. The summed E-state index contributed by atoms with van der Waals surface area (Å²) in [5, 5.41) is 0.740. The van der Waals surface area contributed by atoms with Crippen LogP contribution in [0.4, 0.5) is 9.52 Å². The molecule has 10 heteroatoms. The van der Waals surface area contributed by atoms with Crippen LogP contribution in [-0.2, 0) is 19.6 Å². The van der Waals surface area contributed by atoms with Crippen LogP contribution in [-0.4, -0.2) is 35.4 Å². The van der Waals surface area contributed by atoms with E-state index < -0.39 is 0 Å². The predicted molar refractivity (Wildman–Crippen MR) is 172 cm³/mol. The highest BCUT2D eigenvalue weighted by molar-refractivity contribution is 9.10. The molecule has 3 heterocycles. The summed E-state index contributed by atoms with van der Waals surface area (Å²) in [7, 11) is 3.31. The molecule has 0 saturated heterocycles. The van der Waals surface area contributed by atoms with Gasteiger partial charge in [0.25, 0.3) is 0 Å². The van der Waals surface area contributed by atoms with Crippen molar-refractivity contribution < 1.29 is 18.6 Å². The quantitative estimate of drug-likeness (QED) is 0.164. The van der Waals surface area contributed by atoms with Crippen LogP contribution in [0.1, 0.15) is 17.5 Å². The number of benzene rings is 4. The monoisotopic (exact) mass is 658 g/mol. The summed E-state index contributed by atoms with van der Waals surface area (Å²) in [4.78, 5) is 11.9. The number of hydrogen-bond acceptors (Lipinski definition) is 7. The molecule has 0 atom stereocenters. The third-order valence-corrected chi connectivity index (χ3v) is 9.11. The van der Waals surface area contributed by atoms with Crippen molar-refractivity contribution in [3.05, 3.63) is 94.2 Å². The maximum Gasteiger partial charge on any atom is 0.187 e. The van der Waals surface area contributed by atoms with Crippen LogP contribution in [0.25, 0.3) is 32.6 Å². The molecule has 0 radical (unpaired) electrons. The molecule has 1 aliphatic rings.